The van der Waals surface area contributed by atoms with Crippen LogP contribution in [0.3, 0.4) is 0 Å². The minimum Gasteiger partial charge on any atom is -0.320 e. The Morgan fingerprint density at radius 2 is 1.89 bits per heavy atom. The van der Waals surface area contributed by atoms with Crippen LogP contribution in [-0.4, -0.2) is 5.75 Å². The second-order valence-corrected chi connectivity index (χ2v) is 5.89. The van der Waals surface area contributed by atoms with E-state index in [1.54, 1.807) is 11.8 Å². The third-order valence-corrected chi connectivity index (χ3v) is 4.08. The molecule has 2 aromatic carbocycles. The molecule has 2 aromatic rings. The lowest BCUT2D eigenvalue weighted by Crippen LogP contribution is -2.12. The Kier molecular flexibility index (Phi) is 4.86. The molecule has 2 rings (SSSR count). The summed E-state index contributed by atoms with van der Waals surface area (Å²) >= 11 is 7.84. The van der Waals surface area contributed by atoms with Crippen LogP contribution in [-0.2, 0) is 0 Å². The quantitative estimate of drug-likeness (QED) is 0.832. The van der Waals surface area contributed by atoms with Crippen molar-refractivity contribution in [2.75, 3.05) is 5.75 Å². The molecule has 0 aliphatic heterocycles. The lowest BCUT2D eigenvalue weighted by molar-refractivity contribution is 0.623. The van der Waals surface area contributed by atoms with Gasteiger partial charge in [0.05, 0.1) is 6.04 Å². The molecule has 1 unspecified atom stereocenters. The van der Waals surface area contributed by atoms with E-state index in [-0.39, 0.29) is 5.82 Å². The molecule has 0 saturated carbocycles. The van der Waals surface area contributed by atoms with E-state index in [0.29, 0.717) is 10.6 Å². The van der Waals surface area contributed by atoms with E-state index >= 15 is 0 Å². The molecule has 0 heterocycles. The van der Waals surface area contributed by atoms with Gasteiger partial charge < -0.3 is 5.73 Å². The maximum Gasteiger partial charge on any atom is 0.123 e. The maximum absolute atomic E-state index is 13.3. The first-order valence-electron chi connectivity index (χ1n) is 6.05. The van der Waals surface area contributed by atoms with Crippen LogP contribution in [0.15, 0.2) is 47.4 Å². The van der Waals surface area contributed by atoms with Crippen LogP contribution >= 0.6 is 23.4 Å². The summed E-state index contributed by atoms with van der Waals surface area (Å²) in [6.45, 7) is 2.11. The highest BCUT2D eigenvalue weighted by molar-refractivity contribution is 7.99. The minimum absolute atomic E-state index is 0.326. The Hall–Kier alpha value is -1.03. The highest BCUT2D eigenvalue weighted by Crippen LogP contribution is 2.28. The van der Waals surface area contributed by atoms with Crippen molar-refractivity contribution in [2.45, 2.75) is 17.9 Å². The van der Waals surface area contributed by atoms with Crippen molar-refractivity contribution in [3.8, 4) is 0 Å². The first-order valence-corrected chi connectivity index (χ1v) is 7.41. The number of halogens is 2. The van der Waals surface area contributed by atoms with Gasteiger partial charge in [-0.05, 0) is 47.2 Å². The monoisotopic (exact) mass is 295 g/mol. The Balaban J connectivity index is 2.27. The van der Waals surface area contributed by atoms with Gasteiger partial charge >= 0.3 is 0 Å². The van der Waals surface area contributed by atoms with Crippen molar-refractivity contribution in [1.29, 1.82) is 0 Å². The van der Waals surface area contributed by atoms with E-state index in [4.69, 9.17) is 17.3 Å². The van der Waals surface area contributed by atoms with Gasteiger partial charge in [0.15, 0.2) is 0 Å². The fourth-order valence-electron chi connectivity index (χ4n) is 1.87. The van der Waals surface area contributed by atoms with Crippen LogP contribution in [0.5, 0.6) is 0 Å². The molecule has 1 atom stereocenters. The minimum atomic E-state index is -0.413. The number of hydrogen-bond donors (Lipinski definition) is 1. The number of hydrogen-bond acceptors (Lipinski definition) is 2. The van der Waals surface area contributed by atoms with E-state index < -0.39 is 6.04 Å². The molecule has 0 aliphatic rings. The maximum atomic E-state index is 13.3. The highest BCUT2D eigenvalue weighted by atomic mass is 35.5. The molecule has 0 aliphatic carbocycles. The van der Waals surface area contributed by atoms with Gasteiger partial charge in [-0.25, -0.2) is 4.39 Å². The van der Waals surface area contributed by atoms with Crippen molar-refractivity contribution in [2.24, 2.45) is 5.73 Å². The van der Waals surface area contributed by atoms with Gasteiger partial charge in [0.1, 0.15) is 5.82 Å². The van der Waals surface area contributed by atoms with Gasteiger partial charge in [-0.1, -0.05) is 30.7 Å². The average molecular weight is 296 g/mol. The molecule has 1 nitrogen and oxygen atoms in total. The second kappa shape index (κ2) is 6.42. The molecule has 0 amide bonds. The zero-order valence-corrected chi connectivity index (χ0v) is 12.1. The number of rotatable bonds is 4. The van der Waals surface area contributed by atoms with Gasteiger partial charge in [-0.2, -0.15) is 0 Å². The topological polar surface area (TPSA) is 26.0 Å². The van der Waals surface area contributed by atoms with Gasteiger partial charge in [-0.3, -0.25) is 0 Å². The highest BCUT2D eigenvalue weighted by Gasteiger charge is 2.13. The number of nitrogens with two attached hydrogens (primary N) is 1. The van der Waals surface area contributed by atoms with E-state index in [0.717, 1.165) is 11.3 Å². The van der Waals surface area contributed by atoms with Crippen molar-refractivity contribution in [1.82, 2.24) is 0 Å². The average Bonchev–Trinajstić information content (AvgIpc) is 2.42. The van der Waals surface area contributed by atoms with Gasteiger partial charge in [-0.15, -0.1) is 11.8 Å². The summed E-state index contributed by atoms with van der Waals surface area (Å²) in [6.07, 6.45) is 0. The van der Waals surface area contributed by atoms with Crippen LogP contribution in [0.4, 0.5) is 4.39 Å². The summed E-state index contributed by atoms with van der Waals surface area (Å²) in [7, 11) is 0. The lowest BCUT2D eigenvalue weighted by atomic mass is 9.99. The predicted octanol–water partition coefficient (Wildman–Crippen LogP) is 4.64. The van der Waals surface area contributed by atoms with Crippen LogP contribution < -0.4 is 5.73 Å². The third kappa shape index (κ3) is 3.50. The van der Waals surface area contributed by atoms with E-state index in [9.17, 15) is 4.39 Å². The third-order valence-electron chi connectivity index (χ3n) is 2.84. The Morgan fingerprint density at radius 3 is 2.53 bits per heavy atom. The van der Waals surface area contributed by atoms with Gasteiger partial charge in [0, 0.05) is 9.92 Å². The zero-order chi connectivity index (χ0) is 13.8. The Labute approximate surface area is 122 Å². The van der Waals surface area contributed by atoms with Crippen LogP contribution in [0.2, 0.25) is 5.02 Å². The molecular formula is C15H15ClFNS. The summed E-state index contributed by atoms with van der Waals surface area (Å²) < 4.78 is 13.3. The predicted molar refractivity (Wildman–Crippen MR) is 80.3 cm³/mol. The number of thioether (sulfide) groups is 1. The summed E-state index contributed by atoms with van der Waals surface area (Å²) in [5, 5.41) is 0.487. The SMILES string of the molecule is CCSc1ccc(C(N)c2cc(F)ccc2Cl)cc1. The van der Waals surface area contributed by atoms with E-state index in [1.165, 1.54) is 23.1 Å². The Bertz CT molecular complexity index is 557. The molecule has 100 valence electrons. The first-order chi connectivity index (χ1) is 9.11. The molecule has 0 bridgehead atoms. The smallest absolute Gasteiger partial charge is 0.123 e. The molecule has 0 aromatic heterocycles. The van der Waals surface area contributed by atoms with Crippen LogP contribution in [0, 0.1) is 5.82 Å². The van der Waals surface area contributed by atoms with E-state index in [1.807, 2.05) is 24.3 Å². The van der Waals surface area contributed by atoms with Crippen LogP contribution in [0.1, 0.15) is 24.1 Å². The zero-order valence-electron chi connectivity index (χ0n) is 10.6. The standard InChI is InChI=1S/C15H15ClFNS/c1-2-19-12-6-3-10(4-7-12)15(18)13-9-11(17)5-8-14(13)16/h3-9,15H,2,18H2,1H3. The molecule has 0 saturated heterocycles. The molecular weight excluding hydrogens is 281 g/mol. The molecule has 0 radical (unpaired) electrons. The molecule has 0 spiro atoms. The summed E-state index contributed by atoms with van der Waals surface area (Å²) in [6, 6.07) is 11.8. The van der Waals surface area contributed by atoms with Gasteiger partial charge in [0.2, 0.25) is 0 Å². The fourth-order valence-corrected chi connectivity index (χ4v) is 2.77. The molecule has 0 fully saturated rings. The van der Waals surface area contributed by atoms with Crippen LogP contribution in [0.25, 0.3) is 0 Å². The van der Waals surface area contributed by atoms with Crippen molar-refractivity contribution in [3.05, 3.63) is 64.4 Å². The molecule has 2 N–H and O–H groups in total. The van der Waals surface area contributed by atoms with Crippen molar-refractivity contribution >= 4 is 23.4 Å². The second-order valence-electron chi connectivity index (χ2n) is 4.15. The fraction of sp³-hybridized carbons (Fsp3) is 0.200. The van der Waals surface area contributed by atoms with Crippen molar-refractivity contribution in [3.63, 3.8) is 0 Å². The molecule has 19 heavy (non-hydrogen) atoms. The Morgan fingerprint density at radius 1 is 1.21 bits per heavy atom. The normalized spacial score (nSPS) is 12.4. The molecule has 4 heteroatoms. The number of benzene rings is 2. The largest absolute Gasteiger partial charge is 0.320 e. The van der Waals surface area contributed by atoms with E-state index in [2.05, 4.69) is 6.92 Å². The first kappa shape index (κ1) is 14.4. The summed E-state index contributed by atoms with van der Waals surface area (Å²) in [4.78, 5) is 1.20. The van der Waals surface area contributed by atoms with Gasteiger partial charge in [0.25, 0.3) is 0 Å². The summed E-state index contributed by atoms with van der Waals surface area (Å²) in [5.74, 6) is 0.703. The summed E-state index contributed by atoms with van der Waals surface area (Å²) in [5.41, 5.74) is 7.69. The van der Waals surface area contributed by atoms with Crippen molar-refractivity contribution < 1.29 is 4.39 Å². The lowest BCUT2D eigenvalue weighted by Gasteiger charge is -2.14.